The Morgan fingerprint density at radius 2 is 0.900 bits per heavy atom. The number of carbonyl (C=O) groups excluding carboxylic acids is 2. The Morgan fingerprint density at radius 3 is 1.10 bits per heavy atom. The summed E-state index contributed by atoms with van der Waals surface area (Å²) in [6.07, 6.45) is 7.88. The number of quaternary nitrogens is 1. The molecule has 0 fully saturated rings. The summed E-state index contributed by atoms with van der Waals surface area (Å²) in [7, 11) is 6.25. The van der Waals surface area contributed by atoms with Crippen LogP contribution in [0.5, 0.6) is 0 Å². The molecule has 5 nitrogen and oxygen atoms in total. The molecule has 0 unspecified atom stereocenters. The third-order valence-electron chi connectivity index (χ3n) is 2.51. The van der Waals surface area contributed by atoms with Crippen molar-refractivity contribution in [2.45, 2.75) is 64.2 Å². The standard InChI is InChI=1S/C12H22O4.C3H9N/c13-11(14)9-7-5-3-1-2-4-6-8-10-12(15)16;1-4(2)3/h1-10H2,(H,13,14)(H,15,16);1-3H3. The van der Waals surface area contributed by atoms with Gasteiger partial charge in [-0.2, -0.15) is 0 Å². The van der Waals surface area contributed by atoms with Gasteiger partial charge in [0.25, 0.3) is 0 Å². The van der Waals surface area contributed by atoms with Crippen molar-refractivity contribution < 1.29 is 26.1 Å². The van der Waals surface area contributed by atoms with Crippen LogP contribution in [0.25, 0.3) is 0 Å². The normalized spacial score (nSPS) is 10.0. The van der Waals surface area contributed by atoms with Crippen LogP contribution in [-0.4, -0.2) is 33.1 Å². The largest absolute Gasteiger partial charge is 1.00 e. The molecule has 0 aromatic carbocycles. The molecule has 5 heteroatoms. The molecule has 0 bridgehead atoms. The highest BCUT2D eigenvalue weighted by molar-refractivity contribution is 5.64. The van der Waals surface area contributed by atoms with Gasteiger partial charge < -0.3 is 24.7 Å². The Balaban J connectivity index is -0.000000572. The fourth-order valence-corrected chi connectivity index (χ4v) is 1.60. The average Bonchev–Trinajstić information content (AvgIpc) is 2.30. The lowest BCUT2D eigenvalue weighted by Gasteiger charge is -2.03. The van der Waals surface area contributed by atoms with Gasteiger partial charge in [-0.15, -0.1) is 0 Å². The number of hydrogen-bond acceptors (Lipinski definition) is 4. The molecule has 0 saturated heterocycles. The molecule has 0 atom stereocenters. The highest BCUT2D eigenvalue weighted by atomic mass is 16.4. The zero-order valence-corrected chi connectivity index (χ0v) is 13.2. The van der Waals surface area contributed by atoms with Gasteiger partial charge in [0.1, 0.15) is 0 Å². The SMILES string of the molecule is C[NH+](C)C.O=C([O-])CCCCCCCCCCC(=O)[O-].[H+]. The second-order valence-electron chi connectivity index (χ2n) is 5.57. The molecule has 0 heterocycles. The van der Waals surface area contributed by atoms with E-state index < -0.39 is 11.9 Å². The molecule has 0 saturated carbocycles. The van der Waals surface area contributed by atoms with Crippen molar-refractivity contribution in [3.05, 3.63) is 0 Å². The molecular weight excluding hydrogens is 258 g/mol. The van der Waals surface area contributed by atoms with Crippen LogP contribution in [0.2, 0.25) is 0 Å². The first kappa shape index (κ1) is 21.2. The van der Waals surface area contributed by atoms with Crippen LogP contribution in [-0.2, 0) is 9.59 Å². The number of hydrogen-bond donors (Lipinski definition) is 1. The lowest BCUT2D eigenvalue weighted by atomic mass is 10.1. The van der Waals surface area contributed by atoms with Gasteiger partial charge >= 0.3 is 1.43 Å². The van der Waals surface area contributed by atoms with Crippen LogP contribution >= 0.6 is 0 Å². The zero-order valence-electron chi connectivity index (χ0n) is 14.2. The number of carboxylic acids is 2. The molecule has 0 amide bonds. The molecule has 0 spiro atoms. The molecule has 1 N–H and O–H groups in total. The van der Waals surface area contributed by atoms with E-state index in [1.54, 1.807) is 0 Å². The first-order chi connectivity index (χ1) is 9.36. The third-order valence-corrected chi connectivity index (χ3v) is 2.51. The fourth-order valence-electron chi connectivity index (χ4n) is 1.60. The molecule has 0 rings (SSSR count). The Labute approximate surface area is 124 Å². The van der Waals surface area contributed by atoms with Crippen LogP contribution in [0, 0.1) is 0 Å². The van der Waals surface area contributed by atoms with E-state index in [0.29, 0.717) is 12.8 Å². The number of nitrogens with one attached hydrogen (secondary N) is 1. The quantitative estimate of drug-likeness (QED) is 0.508. The summed E-state index contributed by atoms with van der Waals surface area (Å²) < 4.78 is 0. The van der Waals surface area contributed by atoms with Crippen molar-refractivity contribution in [2.75, 3.05) is 21.1 Å². The summed E-state index contributed by atoms with van der Waals surface area (Å²) >= 11 is 0. The van der Waals surface area contributed by atoms with Crippen LogP contribution in [0.15, 0.2) is 0 Å². The van der Waals surface area contributed by atoms with Gasteiger partial charge in [-0.1, -0.05) is 38.5 Å². The van der Waals surface area contributed by atoms with Gasteiger partial charge in [0, 0.05) is 11.9 Å². The molecule has 0 radical (unpaired) electrons. The summed E-state index contributed by atoms with van der Waals surface area (Å²) in [6.45, 7) is 0. The highest BCUT2D eigenvalue weighted by Crippen LogP contribution is 2.10. The van der Waals surface area contributed by atoms with Crippen molar-refractivity contribution >= 4 is 11.9 Å². The van der Waals surface area contributed by atoms with E-state index >= 15 is 0 Å². The van der Waals surface area contributed by atoms with Crippen molar-refractivity contribution in [2.24, 2.45) is 0 Å². The smallest absolute Gasteiger partial charge is 0.550 e. The zero-order chi connectivity index (χ0) is 15.8. The van der Waals surface area contributed by atoms with Gasteiger partial charge in [-0.25, -0.2) is 0 Å². The summed E-state index contributed by atoms with van der Waals surface area (Å²) in [6, 6.07) is 0. The van der Waals surface area contributed by atoms with Crippen molar-refractivity contribution in [1.29, 1.82) is 0 Å². The highest BCUT2D eigenvalue weighted by Gasteiger charge is 1.93. The van der Waals surface area contributed by atoms with Crippen molar-refractivity contribution in [3.8, 4) is 0 Å². The maximum Gasteiger partial charge on any atom is 1.00 e. The lowest BCUT2D eigenvalue weighted by Crippen LogP contribution is -3.02. The van der Waals surface area contributed by atoms with Gasteiger partial charge in [-0.3, -0.25) is 0 Å². The predicted octanol–water partition coefficient (Wildman–Crippen LogP) is -0.740. The second kappa shape index (κ2) is 16.0. The molecule has 120 valence electrons. The molecule has 0 aromatic rings. The number of carboxylic acid groups (broad SMARTS) is 2. The number of unbranched alkanes of at least 4 members (excludes halogenated alkanes) is 7. The molecular formula is C15H31NO4. The predicted molar refractivity (Wildman–Crippen MR) is 76.0 cm³/mol. The van der Waals surface area contributed by atoms with Gasteiger partial charge in [0.2, 0.25) is 0 Å². The average molecular weight is 289 g/mol. The molecule has 0 aliphatic carbocycles. The minimum Gasteiger partial charge on any atom is -0.550 e. The van der Waals surface area contributed by atoms with E-state index in [1.807, 2.05) is 0 Å². The fraction of sp³-hybridized carbons (Fsp3) is 0.867. The molecule has 20 heavy (non-hydrogen) atoms. The lowest BCUT2D eigenvalue weighted by molar-refractivity contribution is -0.836. The van der Waals surface area contributed by atoms with E-state index in [-0.39, 0.29) is 14.3 Å². The minimum absolute atomic E-state index is 0. The van der Waals surface area contributed by atoms with E-state index in [2.05, 4.69) is 21.1 Å². The summed E-state index contributed by atoms with van der Waals surface area (Å²) in [5.74, 6) is -1.94. The first-order valence-corrected chi connectivity index (χ1v) is 7.52. The summed E-state index contributed by atoms with van der Waals surface area (Å²) in [4.78, 5) is 21.6. The van der Waals surface area contributed by atoms with Gasteiger partial charge in [0.05, 0.1) is 21.1 Å². The maximum absolute atomic E-state index is 10.1. The first-order valence-electron chi connectivity index (χ1n) is 7.52. The molecule has 0 aromatic heterocycles. The van der Waals surface area contributed by atoms with Crippen molar-refractivity contribution in [3.63, 3.8) is 0 Å². The van der Waals surface area contributed by atoms with E-state index in [9.17, 15) is 19.8 Å². The van der Waals surface area contributed by atoms with Gasteiger partial charge in [-0.05, 0) is 25.7 Å². The maximum atomic E-state index is 10.1. The van der Waals surface area contributed by atoms with Crippen LogP contribution in [0.1, 0.15) is 65.6 Å². The van der Waals surface area contributed by atoms with Crippen LogP contribution in [0.4, 0.5) is 0 Å². The van der Waals surface area contributed by atoms with E-state index in [1.165, 1.54) is 4.90 Å². The van der Waals surface area contributed by atoms with E-state index in [4.69, 9.17) is 0 Å². The Morgan fingerprint density at radius 1 is 0.700 bits per heavy atom. The third kappa shape index (κ3) is 30.2. The molecule has 0 aliphatic heterocycles. The number of carbonyl (C=O) groups is 2. The monoisotopic (exact) mass is 289 g/mol. The Kier molecular flexibility index (Phi) is 16.9. The van der Waals surface area contributed by atoms with Crippen LogP contribution in [0.3, 0.4) is 0 Å². The number of rotatable bonds is 11. The summed E-state index contributed by atoms with van der Waals surface area (Å²) in [5.41, 5.74) is 0. The number of aliphatic carboxylic acids is 2. The Bertz CT molecular complexity index is 223. The summed E-state index contributed by atoms with van der Waals surface area (Å²) in [5, 5.41) is 20.2. The minimum atomic E-state index is -0.970. The van der Waals surface area contributed by atoms with E-state index in [0.717, 1.165) is 38.5 Å². The Hall–Kier alpha value is -1.10. The van der Waals surface area contributed by atoms with Crippen molar-refractivity contribution in [1.82, 2.24) is 0 Å². The second-order valence-corrected chi connectivity index (χ2v) is 5.57. The topological polar surface area (TPSA) is 84.7 Å². The molecule has 0 aliphatic rings. The van der Waals surface area contributed by atoms with Gasteiger partial charge in [0.15, 0.2) is 0 Å². The van der Waals surface area contributed by atoms with Crippen LogP contribution < -0.4 is 15.1 Å².